The molecule has 0 amide bonds. The average molecular weight is 332 g/mol. The molecule has 2 heterocycles. The summed E-state index contributed by atoms with van der Waals surface area (Å²) in [5.41, 5.74) is 1.47. The minimum Gasteiger partial charge on any atom is -0.316 e. The fourth-order valence-corrected chi connectivity index (χ4v) is 3.98. The second-order valence-corrected chi connectivity index (χ2v) is 6.58. The predicted octanol–water partition coefficient (Wildman–Crippen LogP) is 2.56. The van der Waals surface area contributed by atoms with Gasteiger partial charge in [0.05, 0.1) is 27.1 Å². The largest absolute Gasteiger partial charge is 0.316 e. The van der Waals surface area contributed by atoms with Crippen LogP contribution in [-0.4, -0.2) is 32.5 Å². The molecule has 1 fully saturated rings. The third-order valence-electron chi connectivity index (χ3n) is 3.24. The Hall–Kier alpha value is -0.750. The molecular weight excluding hydrogens is 317 g/mol. The van der Waals surface area contributed by atoms with Crippen LogP contribution in [0.15, 0.2) is 29.3 Å². The van der Waals surface area contributed by atoms with Crippen molar-refractivity contribution in [2.45, 2.75) is 23.1 Å². The summed E-state index contributed by atoms with van der Waals surface area (Å²) in [7, 11) is -1.21. The number of halogens is 2. The van der Waals surface area contributed by atoms with E-state index in [0.717, 1.165) is 37.0 Å². The lowest BCUT2D eigenvalue weighted by Gasteiger charge is -2.21. The first-order valence-electron chi connectivity index (χ1n) is 6.29. The number of piperidine rings is 1. The van der Waals surface area contributed by atoms with Crippen LogP contribution in [0.25, 0.3) is 11.0 Å². The zero-order valence-corrected chi connectivity index (χ0v) is 13.1. The van der Waals surface area contributed by atoms with Crippen molar-refractivity contribution in [1.29, 1.82) is 0 Å². The molecule has 1 aromatic carbocycles. The molecule has 1 aliphatic rings. The Labute approximate surface area is 131 Å². The highest BCUT2D eigenvalue weighted by atomic mass is 35.5. The van der Waals surface area contributed by atoms with E-state index in [-0.39, 0.29) is 22.8 Å². The van der Waals surface area contributed by atoms with Crippen molar-refractivity contribution >= 4 is 45.8 Å². The Kier molecular flexibility index (Phi) is 5.32. The van der Waals surface area contributed by atoms with Gasteiger partial charge in [0, 0.05) is 6.54 Å². The van der Waals surface area contributed by atoms with Crippen molar-refractivity contribution in [1.82, 2.24) is 15.3 Å². The standard InChI is InChI=1S/C13H14ClN3OS.ClH/c14-12-13(19(18)9-4-3-7-15-8-9)17-11-6-2-1-5-10(11)16-12;/h1-2,5-6,9,15H,3-4,7-8H2;1H. The van der Waals surface area contributed by atoms with Crippen molar-refractivity contribution in [2.75, 3.05) is 13.1 Å². The Morgan fingerprint density at radius 2 is 1.95 bits per heavy atom. The third-order valence-corrected chi connectivity index (χ3v) is 5.29. The molecule has 2 unspecified atom stereocenters. The fraction of sp³-hybridized carbons (Fsp3) is 0.385. The number of nitrogens with zero attached hydrogens (tertiary/aromatic N) is 2. The lowest BCUT2D eigenvalue weighted by Crippen LogP contribution is -2.36. The molecule has 4 nitrogen and oxygen atoms in total. The monoisotopic (exact) mass is 331 g/mol. The van der Waals surface area contributed by atoms with Gasteiger partial charge < -0.3 is 5.32 Å². The van der Waals surface area contributed by atoms with Crippen molar-refractivity contribution < 1.29 is 4.21 Å². The molecule has 1 aromatic heterocycles. The maximum absolute atomic E-state index is 12.5. The van der Waals surface area contributed by atoms with E-state index in [4.69, 9.17) is 11.6 Å². The third kappa shape index (κ3) is 3.11. The number of fused-ring (bicyclic) bond motifs is 1. The first-order chi connectivity index (χ1) is 9.25. The maximum Gasteiger partial charge on any atom is 0.165 e. The summed E-state index contributed by atoms with van der Waals surface area (Å²) in [5.74, 6) is 0. The number of aromatic nitrogens is 2. The van der Waals surface area contributed by atoms with Crippen LogP contribution in [0.1, 0.15) is 12.8 Å². The van der Waals surface area contributed by atoms with Crippen molar-refractivity contribution in [3.63, 3.8) is 0 Å². The zero-order valence-electron chi connectivity index (χ0n) is 10.7. The summed E-state index contributed by atoms with van der Waals surface area (Å²) in [6, 6.07) is 7.48. The Balaban J connectivity index is 0.00000147. The van der Waals surface area contributed by atoms with Gasteiger partial charge in [0.15, 0.2) is 10.2 Å². The number of benzene rings is 1. The van der Waals surface area contributed by atoms with Crippen LogP contribution < -0.4 is 5.32 Å². The van der Waals surface area contributed by atoms with E-state index in [9.17, 15) is 4.21 Å². The van der Waals surface area contributed by atoms with Crippen molar-refractivity contribution in [3.05, 3.63) is 29.4 Å². The lowest BCUT2D eigenvalue weighted by atomic mass is 10.2. The van der Waals surface area contributed by atoms with Gasteiger partial charge in [-0.2, -0.15) is 0 Å². The molecule has 3 rings (SSSR count). The number of hydrogen-bond donors (Lipinski definition) is 1. The molecule has 0 spiro atoms. The molecule has 1 aliphatic heterocycles. The van der Waals surface area contributed by atoms with Crippen molar-refractivity contribution in [2.24, 2.45) is 0 Å². The van der Waals surface area contributed by atoms with Crippen molar-refractivity contribution in [3.8, 4) is 0 Å². The summed E-state index contributed by atoms with van der Waals surface area (Å²) < 4.78 is 12.5. The van der Waals surface area contributed by atoms with Gasteiger partial charge in [-0.1, -0.05) is 23.7 Å². The van der Waals surface area contributed by atoms with Crippen LogP contribution in [0, 0.1) is 0 Å². The van der Waals surface area contributed by atoms with Gasteiger partial charge in [-0.05, 0) is 31.5 Å². The average Bonchev–Trinajstić information content (AvgIpc) is 2.47. The quantitative estimate of drug-likeness (QED) is 0.918. The second kappa shape index (κ2) is 6.80. The highest BCUT2D eigenvalue weighted by Crippen LogP contribution is 2.23. The van der Waals surface area contributed by atoms with Gasteiger partial charge in [0.2, 0.25) is 0 Å². The first kappa shape index (κ1) is 15.6. The van der Waals surface area contributed by atoms with E-state index in [2.05, 4.69) is 15.3 Å². The molecule has 2 atom stereocenters. The minimum absolute atomic E-state index is 0. The summed E-state index contributed by atoms with van der Waals surface area (Å²) in [5, 5.41) is 3.99. The molecule has 1 saturated heterocycles. The number of hydrogen-bond acceptors (Lipinski definition) is 4. The SMILES string of the molecule is Cl.O=S(c1nc2ccccc2nc1Cl)C1CCCNC1. The lowest BCUT2D eigenvalue weighted by molar-refractivity contribution is 0.519. The summed E-state index contributed by atoms with van der Waals surface area (Å²) in [4.78, 5) is 8.71. The molecule has 7 heteroatoms. The maximum atomic E-state index is 12.5. The summed E-state index contributed by atoms with van der Waals surface area (Å²) in [6.07, 6.45) is 1.97. The molecule has 108 valence electrons. The van der Waals surface area contributed by atoms with Gasteiger partial charge >= 0.3 is 0 Å². The number of para-hydroxylation sites is 2. The van der Waals surface area contributed by atoms with E-state index in [0.29, 0.717) is 5.03 Å². The minimum atomic E-state index is -1.21. The van der Waals surface area contributed by atoms with E-state index >= 15 is 0 Å². The number of rotatable bonds is 2. The van der Waals surface area contributed by atoms with E-state index in [1.807, 2.05) is 24.3 Å². The van der Waals surface area contributed by atoms with Gasteiger partial charge in [-0.3, -0.25) is 4.21 Å². The fourth-order valence-electron chi connectivity index (χ4n) is 2.25. The highest BCUT2D eigenvalue weighted by Gasteiger charge is 2.24. The van der Waals surface area contributed by atoms with Crippen LogP contribution in [0.2, 0.25) is 5.15 Å². The summed E-state index contributed by atoms with van der Waals surface area (Å²) >= 11 is 6.13. The molecule has 2 aromatic rings. The highest BCUT2D eigenvalue weighted by molar-refractivity contribution is 7.85. The molecule has 0 saturated carbocycles. The molecule has 0 bridgehead atoms. The van der Waals surface area contributed by atoms with Gasteiger partial charge in [0.25, 0.3) is 0 Å². The van der Waals surface area contributed by atoms with Gasteiger partial charge in [-0.25, -0.2) is 9.97 Å². The zero-order chi connectivity index (χ0) is 13.2. The van der Waals surface area contributed by atoms with E-state index in [1.165, 1.54) is 0 Å². The van der Waals surface area contributed by atoms with Gasteiger partial charge in [0.1, 0.15) is 0 Å². The smallest absolute Gasteiger partial charge is 0.165 e. The Morgan fingerprint density at radius 3 is 2.60 bits per heavy atom. The molecule has 0 radical (unpaired) electrons. The Bertz CT molecular complexity index is 632. The van der Waals surface area contributed by atoms with Crippen LogP contribution >= 0.6 is 24.0 Å². The topological polar surface area (TPSA) is 54.9 Å². The van der Waals surface area contributed by atoms with Crippen LogP contribution in [0.3, 0.4) is 0 Å². The molecular formula is C13H15Cl2N3OS. The number of nitrogens with one attached hydrogen (secondary N) is 1. The normalized spacial score (nSPS) is 20.4. The first-order valence-corrected chi connectivity index (χ1v) is 7.88. The molecule has 1 N–H and O–H groups in total. The van der Waals surface area contributed by atoms with Gasteiger partial charge in [-0.15, -0.1) is 12.4 Å². The molecule has 20 heavy (non-hydrogen) atoms. The van der Waals surface area contributed by atoms with Crippen LogP contribution in [0.5, 0.6) is 0 Å². The van der Waals surface area contributed by atoms with E-state index < -0.39 is 10.8 Å². The predicted molar refractivity (Wildman–Crippen MR) is 84.1 cm³/mol. The van der Waals surface area contributed by atoms with Crippen LogP contribution in [0.4, 0.5) is 0 Å². The Morgan fingerprint density at radius 1 is 1.25 bits per heavy atom. The second-order valence-electron chi connectivity index (χ2n) is 4.57. The van der Waals surface area contributed by atoms with E-state index in [1.54, 1.807) is 0 Å². The summed E-state index contributed by atoms with van der Waals surface area (Å²) in [6.45, 7) is 1.74. The van der Waals surface area contributed by atoms with Crippen LogP contribution in [-0.2, 0) is 10.8 Å². The molecule has 0 aliphatic carbocycles.